The van der Waals surface area contributed by atoms with E-state index in [4.69, 9.17) is 16.3 Å². The third-order valence-electron chi connectivity index (χ3n) is 5.49. The van der Waals surface area contributed by atoms with Crippen molar-refractivity contribution in [3.63, 3.8) is 0 Å². The molecule has 2 fully saturated rings. The Balaban J connectivity index is 1.44. The maximum atomic E-state index is 12.8. The first kappa shape index (κ1) is 18.5. The highest BCUT2D eigenvalue weighted by molar-refractivity contribution is 6.33. The number of rotatable bonds is 4. The number of morpholine rings is 1. The van der Waals surface area contributed by atoms with Gasteiger partial charge >= 0.3 is 0 Å². The number of carbonyl (C=O) groups excluding carboxylic acids is 1. The molecule has 0 saturated carbocycles. The van der Waals surface area contributed by atoms with Crippen molar-refractivity contribution < 1.29 is 9.53 Å². The Morgan fingerprint density at radius 2 is 2.22 bits per heavy atom. The second-order valence-electron chi connectivity index (χ2n) is 7.74. The summed E-state index contributed by atoms with van der Waals surface area (Å²) in [5.41, 5.74) is 1.29. The first-order valence-corrected chi connectivity index (χ1v) is 9.85. The molecule has 0 spiro atoms. The molecule has 0 radical (unpaired) electrons. The van der Waals surface area contributed by atoms with Gasteiger partial charge in [-0.1, -0.05) is 25.4 Å². The van der Waals surface area contributed by atoms with E-state index in [0.717, 1.165) is 31.8 Å². The van der Waals surface area contributed by atoms with Crippen LogP contribution >= 0.6 is 11.6 Å². The monoisotopic (exact) mass is 388 g/mol. The minimum Gasteiger partial charge on any atom is -0.375 e. The van der Waals surface area contributed by atoms with Crippen LogP contribution in [-0.2, 0) is 4.74 Å². The van der Waals surface area contributed by atoms with Crippen LogP contribution in [0, 0.1) is 5.92 Å². The predicted molar refractivity (Wildman–Crippen MR) is 104 cm³/mol. The second-order valence-corrected chi connectivity index (χ2v) is 8.15. The third kappa shape index (κ3) is 3.88. The van der Waals surface area contributed by atoms with Crippen LogP contribution in [0.2, 0.25) is 5.02 Å². The molecule has 3 atom stereocenters. The van der Waals surface area contributed by atoms with Gasteiger partial charge < -0.3 is 10.1 Å². The van der Waals surface area contributed by atoms with Gasteiger partial charge in [0.2, 0.25) is 0 Å². The topological polar surface area (TPSA) is 59.4 Å². The number of amides is 1. The summed E-state index contributed by atoms with van der Waals surface area (Å²) < 4.78 is 7.70. The van der Waals surface area contributed by atoms with Gasteiger partial charge in [-0.2, -0.15) is 5.10 Å². The van der Waals surface area contributed by atoms with Crippen molar-refractivity contribution >= 4 is 17.5 Å². The highest BCUT2D eigenvalue weighted by Crippen LogP contribution is 2.26. The molecule has 27 heavy (non-hydrogen) atoms. The molecule has 6 nitrogen and oxygen atoms in total. The van der Waals surface area contributed by atoms with Gasteiger partial charge in [-0.25, -0.2) is 4.68 Å². The normalized spacial score (nSPS) is 25.6. The summed E-state index contributed by atoms with van der Waals surface area (Å²) in [6.07, 6.45) is 4.73. The van der Waals surface area contributed by atoms with Gasteiger partial charge in [0.25, 0.3) is 5.91 Å². The largest absolute Gasteiger partial charge is 0.375 e. The number of benzene rings is 1. The second kappa shape index (κ2) is 7.62. The molecule has 1 aromatic heterocycles. The molecule has 0 unspecified atom stereocenters. The summed E-state index contributed by atoms with van der Waals surface area (Å²) in [7, 11) is 0. The lowest BCUT2D eigenvalue weighted by Crippen LogP contribution is -2.48. The fourth-order valence-corrected chi connectivity index (χ4v) is 4.13. The summed E-state index contributed by atoms with van der Waals surface area (Å²) in [6.45, 7) is 6.91. The Morgan fingerprint density at radius 1 is 1.37 bits per heavy atom. The zero-order valence-corrected chi connectivity index (χ0v) is 16.4. The standard InChI is InChI=1S/C20H25ClN4O2/c1-13(2)19-11-24-10-14(8-16(24)12-27-19)23-20(26)17-9-15(4-5-18(17)21)25-7-3-6-22-25/h3-7,9,13-14,16,19H,8,10-12H2,1-2H3,(H,23,26)/t14-,16-,19-/m0/s1. The van der Waals surface area contributed by atoms with Crippen molar-refractivity contribution in [1.29, 1.82) is 0 Å². The first-order chi connectivity index (χ1) is 13.0. The van der Waals surface area contributed by atoms with Crippen molar-refractivity contribution in [2.75, 3.05) is 19.7 Å². The van der Waals surface area contributed by atoms with Crippen LogP contribution in [0.25, 0.3) is 5.69 Å². The van der Waals surface area contributed by atoms with Crippen LogP contribution in [0.4, 0.5) is 0 Å². The molecule has 4 rings (SSSR count). The van der Waals surface area contributed by atoms with Crippen molar-refractivity contribution in [3.8, 4) is 5.69 Å². The lowest BCUT2D eigenvalue weighted by molar-refractivity contribution is -0.0683. The molecule has 144 valence electrons. The van der Waals surface area contributed by atoms with Gasteiger partial charge in [0, 0.05) is 37.6 Å². The summed E-state index contributed by atoms with van der Waals surface area (Å²) in [5.74, 6) is 0.364. The molecule has 0 aliphatic carbocycles. The van der Waals surface area contributed by atoms with E-state index in [0.29, 0.717) is 22.5 Å². The quantitative estimate of drug-likeness (QED) is 0.874. The summed E-state index contributed by atoms with van der Waals surface area (Å²) >= 11 is 6.29. The molecular formula is C20H25ClN4O2. The van der Waals surface area contributed by atoms with E-state index in [2.05, 4.69) is 29.2 Å². The number of carbonyl (C=O) groups is 1. The molecule has 0 bridgehead atoms. The summed E-state index contributed by atoms with van der Waals surface area (Å²) in [5, 5.41) is 7.82. The Hall–Kier alpha value is -1.89. The van der Waals surface area contributed by atoms with E-state index in [1.54, 1.807) is 23.0 Å². The van der Waals surface area contributed by atoms with Gasteiger partial charge in [-0.05, 0) is 36.6 Å². The molecular weight excluding hydrogens is 364 g/mol. The van der Waals surface area contributed by atoms with E-state index in [-0.39, 0.29) is 18.1 Å². The summed E-state index contributed by atoms with van der Waals surface area (Å²) in [4.78, 5) is 15.3. The highest BCUT2D eigenvalue weighted by atomic mass is 35.5. The molecule has 1 aromatic carbocycles. The Bertz CT molecular complexity index is 808. The number of hydrogen-bond donors (Lipinski definition) is 1. The maximum Gasteiger partial charge on any atom is 0.253 e. The minimum absolute atomic E-state index is 0.112. The zero-order valence-electron chi connectivity index (χ0n) is 15.6. The maximum absolute atomic E-state index is 12.8. The fourth-order valence-electron chi connectivity index (χ4n) is 3.92. The van der Waals surface area contributed by atoms with Crippen molar-refractivity contribution in [2.45, 2.75) is 38.5 Å². The molecule has 7 heteroatoms. The third-order valence-corrected chi connectivity index (χ3v) is 5.82. The fraction of sp³-hybridized carbons (Fsp3) is 0.500. The molecule has 3 heterocycles. The number of fused-ring (bicyclic) bond motifs is 1. The SMILES string of the molecule is CC(C)[C@@H]1CN2C[C@@H](NC(=O)c3cc(-n4cccn4)ccc3Cl)C[C@H]2CO1. The Labute approximate surface area is 164 Å². The van der Waals surface area contributed by atoms with Crippen LogP contribution in [0.3, 0.4) is 0 Å². The predicted octanol–water partition coefficient (Wildman–Crippen LogP) is 2.75. The zero-order chi connectivity index (χ0) is 19.0. The minimum atomic E-state index is -0.139. The number of nitrogens with one attached hydrogen (secondary N) is 1. The summed E-state index contributed by atoms with van der Waals surface area (Å²) in [6, 6.07) is 7.72. The first-order valence-electron chi connectivity index (χ1n) is 9.47. The van der Waals surface area contributed by atoms with Gasteiger partial charge in [0.1, 0.15) is 0 Å². The number of halogens is 1. The molecule has 1 N–H and O–H groups in total. The number of hydrogen-bond acceptors (Lipinski definition) is 4. The average Bonchev–Trinajstić information content (AvgIpc) is 3.30. The van der Waals surface area contributed by atoms with Crippen LogP contribution in [0.5, 0.6) is 0 Å². The van der Waals surface area contributed by atoms with E-state index in [9.17, 15) is 4.79 Å². The van der Waals surface area contributed by atoms with Crippen molar-refractivity contribution in [2.24, 2.45) is 5.92 Å². The molecule has 2 aromatic rings. The van der Waals surface area contributed by atoms with Gasteiger partial charge in [-0.15, -0.1) is 0 Å². The number of ether oxygens (including phenoxy) is 1. The van der Waals surface area contributed by atoms with E-state index >= 15 is 0 Å². The van der Waals surface area contributed by atoms with E-state index < -0.39 is 0 Å². The highest BCUT2D eigenvalue weighted by Gasteiger charge is 2.38. The van der Waals surface area contributed by atoms with Crippen molar-refractivity contribution in [1.82, 2.24) is 20.0 Å². The van der Waals surface area contributed by atoms with Crippen LogP contribution in [-0.4, -0.2) is 58.5 Å². The van der Waals surface area contributed by atoms with E-state index in [1.807, 2.05) is 18.3 Å². The van der Waals surface area contributed by atoms with Gasteiger partial charge in [-0.3, -0.25) is 9.69 Å². The number of nitrogens with zero attached hydrogens (tertiary/aromatic N) is 3. The van der Waals surface area contributed by atoms with E-state index in [1.165, 1.54) is 0 Å². The average molecular weight is 389 g/mol. The number of aromatic nitrogens is 2. The van der Waals surface area contributed by atoms with Crippen LogP contribution in [0.1, 0.15) is 30.6 Å². The molecule has 2 aliphatic rings. The van der Waals surface area contributed by atoms with Crippen molar-refractivity contribution in [3.05, 3.63) is 47.2 Å². The van der Waals surface area contributed by atoms with Crippen LogP contribution in [0.15, 0.2) is 36.7 Å². The Morgan fingerprint density at radius 3 is 2.96 bits per heavy atom. The lowest BCUT2D eigenvalue weighted by Gasteiger charge is -2.36. The van der Waals surface area contributed by atoms with Crippen LogP contribution < -0.4 is 5.32 Å². The lowest BCUT2D eigenvalue weighted by atomic mass is 10.0. The molecule has 1 amide bonds. The molecule has 2 saturated heterocycles. The van der Waals surface area contributed by atoms with Gasteiger partial charge in [0.15, 0.2) is 0 Å². The Kier molecular flexibility index (Phi) is 5.21. The van der Waals surface area contributed by atoms with Gasteiger partial charge in [0.05, 0.1) is 29.0 Å². The molecule has 2 aliphatic heterocycles. The smallest absolute Gasteiger partial charge is 0.253 e.